The molecule has 0 aliphatic heterocycles. The summed E-state index contributed by atoms with van der Waals surface area (Å²) < 4.78 is 13.2. The monoisotopic (exact) mass is 296 g/mol. The van der Waals surface area contributed by atoms with Crippen LogP contribution in [0, 0.1) is 12.7 Å². The van der Waals surface area contributed by atoms with E-state index in [1.54, 1.807) is 12.3 Å². The van der Waals surface area contributed by atoms with E-state index >= 15 is 0 Å². The summed E-state index contributed by atoms with van der Waals surface area (Å²) in [6.45, 7) is 4.03. The van der Waals surface area contributed by atoms with Gasteiger partial charge in [0.05, 0.1) is 5.56 Å². The van der Waals surface area contributed by atoms with Gasteiger partial charge in [-0.25, -0.2) is 4.39 Å². The summed E-state index contributed by atoms with van der Waals surface area (Å²) in [6, 6.07) is 10.3. The molecule has 1 amide bonds. The average Bonchev–Trinajstić information content (AvgIpc) is 2.92. The van der Waals surface area contributed by atoms with E-state index < -0.39 is 0 Å². The molecule has 0 fully saturated rings. The van der Waals surface area contributed by atoms with Crippen LogP contribution in [0.4, 0.5) is 10.1 Å². The molecule has 0 aliphatic rings. The Morgan fingerprint density at radius 1 is 1.27 bits per heavy atom. The molecule has 3 rings (SSSR count). The molecule has 0 saturated carbocycles. The van der Waals surface area contributed by atoms with E-state index in [0.29, 0.717) is 16.5 Å². The molecule has 0 spiro atoms. The van der Waals surface area contributed by atoms with Crippen LogP contribution in [0.1, 0.15) is 28.4 Å². The summed E-state index contributed by atoms with van der Waals surface area (Å²) in [4.78, 5) is 15.5. The zero-order chi connectivity index (χ0) is 15.7. The fraction of sp³-hybridized carbons (Fsp3) is 0.167. The highest BCUT2D eigenvalue weighted by molar-refractivity contribution is 6.13. The third-order valence-electron chi connectivity index (χ3n) is 3.87. The highest BCUT2D eigenvalue weighted by atomic mass is 19.1. The van der Waals surface area contributed by atoms with Crippen molar-refractivity contribution in [3.05, 3.63) is 65.1 Å². The van der Waals surface area contributed by atoms with Crippen LogP contribution >= 0.6 is 0 Å². The predicted octanol–water partition coefficient (Wildman–Crippen LogP) is 4.43. The van der Waals surface area contributed by atoms with E-state index in [0.717, 1.165) is 23.2 Å². The molecule has 3 nitrogen and oxygen atoms in total. The molecule has 0 atom stereocenters. The highest BCUT2D eigenvalue weighted by Crippen LogP contribution is 2.24. The summed E-state index contributed by atoms with van der Waals surface area (Å²) >= 11 is 0. The maximum absolute atomic E-state index is 13.2. The third kappa shape index (κ3) is 2.48. The van der Waals surface area contributed by atoms with Crippen LogP contribution in [-0.2, 0) is 6.42 Å². The number of carbonyl (C=O) groups is 1. The van der Waals surface area contributed by atoms with E-state index in [4.69, 9.17) is 0 Å². The molecule has 1 aromatic heterocycles. The van der Waals surface area contributed by atoms with Gasteiger partial charge in [-0.05, 0) is 42.7 Å². The van der Waals surface area contributed by atoms with E-state index in [2.05, 4.69) is 17.2 Å². The Morgan fingerprint density at radius 2 is 2.09 bits per heavy atom. The van der Waals surface area contributed by atoms with Crippen molar-refractivity contribution in [1.29, 1.82) is 0 Å². The van der Waals surface area contributed by atoms with Gasteiger partial charge in [-0.15, -0.1) is 0 Å². The van der Waals surface area contributed by atoms with E-state index in [9.17, 15) is 9.18 Å². The fourth-order valence-corrected chi connectivity index (χ4v) is 2.67. The Kier molecular flexibility index (Phi) is 3.67. The number of hydrogen-bond donors (Lipinski definition) is 2. The first-order chi connectivity index (χ1) is 10.6. The second-order valence-electron chi connectivity index (χ2n) is 5.31. The van der Waals surface area contributed by atoms with Crippen molar-refractivity contribution >= 4 is 22.5 Å². The summed E-state index contributed by atoms with van der Waals surface area (Å²) in [5.74, 6) is -0.518. The fourth-order valence-electron chi connectivity index (χ4n) is 2.67. The van der Waals surface area contributed by atoms with Crippen LogP contribution < -0.4 is 5.32 Å². The number of aryl methyl sites for hydroxylation is 2. The van der Waals surface area contributed by atoms with Gasteiger partial charge in [-0.1, -0.05) is 25.1 Å². The lowest BCUT2D eigenvalue weighted by Gasteiger charge is -2.12. The average molecular weight is 296 g/mol. The molecular weight excluding hydrogens is 279 g/mol. The lowest BCUT2D eigenvalue weighted by atomic mass is 10.1. The van der Waals surface area contributed by atoms with Gasteiger partial charge in [-0.2, -0.15) is 0 Å². The second-order valence-corrected chi connectivity index (χ2v) is 5.31. The smallest absolute Gasteiger partial charge is 0.257 e. The van der Waals surface area contributed by atoms with Gasteiger partial charge in [0, 0.05) is 22.8 Å². The molecule has 2 aromatic carbocycles. The first-order valence-corrected chi connectivity index (χ1v) is 7.26. The zero-order valence-corrected chi connectivity index (χ0v) is 12.5. The standard InChI is InChI=1S/C18H17FN2O/c1-3-12-6-4-5-11(2)17(12)21-18(22)15-10-20-16-9-13(19)7-8-14(15)16/h4-10,20H,3H2,1-2H3,(H,21,22). The first kappa shape index (κ1) is 14.3. The van der Waals surface area contributed by atoms with Gasteiger partial charge < -0.3 is 10.3 Å². The normalized spacial score (nSPS) is 10.9. The predicted molar refractivity (Wildman–Crippen MR) is 86.8 cm³/mol. The Balaban J connectivity index is 1.98. The minimum atomic E-state index is -0.325. The summed E-state index contributed by atoms with van der Waals surface area (Å²) in [6.07, 6.45) is 2.46. The van der Waals surface area contributed by atoms with Crippen molar-refractivity contribution in [3.8, 4) is 0 Å². The molecule has 0 bridgehead atoms. The lowest BCUT2D eigenvalue weighted by Crippen LogP contribution is -2.13. The number of aromatic amines is 1. The van der Waals surface area contributed by atoms with Crippen LogP contribution in [0.5, 0.6) is 0 Å². The van der Waals surface area contributed by atoms with Crippen LogP contribution in [0.2, 0.25) is 0 Å². The van der Waals surface area contributed by atoms with Crippen LogP contribution in [0.3, 0.4) is 0 Å². The maximum atomic E-state index is 13.2. The highest BCUT2D eigenvalue weighted by Gasteiger charge is 2.15. The first-order valence-electron chi connectivity index (χ1n) is 7.26. The summed E-state index contributed by atoms with van der Waals surface area (Å²) in [5, 5.41) is 3.70. The van der Waals surface area contributed by atoms with Gasteiger partial charge in [0.25, 0.3) is 5.91 Å². The number of halogens is 1. The number of carbonyl (C=O) groups excluding carboxylic acids is 1. The number of rotatable bonds is 3. The summed E-state index contributed by atoms with van der Waals surface area (Å²) in [7, 11) is 0. The molecule has 112 valence electrons. The van der Waals surface area contributed by atoms with E-state index in [1.165, 1.54) is 12.1 Å². The molecular formula is C18H17FN2O. The topological polar surface area (TPSA) is 44.9 Å². The Morgan fingerprint density at radius 3 is 2.86 bits per heavy atom. The number of H-pyrrole nitrogens is 1. The molecule has 1 heterocycles. The largest absolute Gasteiger partial charge is 0.360 e. The Labute approximate surface area is 128 Å². The molecule has 2 N–H and O–H groups in total. The Bertz CT molecular complexity index is 851. The quantitative estimate of drug-likeness (QED) is 0.738. The van der Waals surface area contributed by atoms with Crippen molar-refractivity contribution in [2.45, 2.75) is 20.3 Å². The molecule has 4 heteroatoms. The van der Waals surface area contributed by atoms with Gasteiger partial charge >= 0.3 is 0 Å². The minimum Gasteiger partial charge on any atom is -0.360 e. The van der Waals surface area contributed by atoms with Gasteiger partial charge in [0.1, 0.15) is 5.82 Å². The summed E-state index contributed by atoms with van der Waals surface area (Å²) in [5.41, 5.74) is 4.11. The number of hydrogen-bond acceptors (Lipinski definition) is 1. The number of amides is 1. The van der Waals surface area contributed by atoms with Gasteiger partial charge in [-0.3, -0.25) is 4.79 Å². The van der Waals surface area contributed by atoms with Crippen LogP contribution in [0.15, 0.2) is 42.6 Å². The molecule has 0 unspecified atom stereocenters. The van der Waals surface area contributed by atoms with Crippen LogP contribution in [-0.4, -0.2) is 10.9 Å². The number of nitrogens with one attached hydrogen (secondary N) is 2. The second kappa shape index (κ2) is 5.64. The van der Waals surface area contributed by atoms with Crippen molar-refractivity contribution < 1.29 is 9.18 Å². The minimum absolute atomic E-state index is 0.193. The molecule has 0 radical (unpaired) electrons. The zero-order valence-electron chi connectivity index (χ0n) is 12.5. The SMILES string of the molecule is CCc1cccc(C)c1NC(=O)c1c[nH]c2cc(F)ccc12. The van der Waals surface area contributed by atoms with Crippen molar-refractivity contribution in [1.82, 2.24) is 4.98 Å². The van der Waals surface area contributed by atoms with Crippen molar-refractivity contribution in [3.63, 3.8) is 0 Å². The van der Waals surface area contributed by atoms with E-state index in [-0.39, 0.29) is 11.7 Å². The van der Waals surface area contributed by atoms with E-state index in [1.807, 2.05) is 25.1 Å². The number of para-hydroxylation sites is 1. The Hall–Kier alpha value is -2.62. The maximum Gasteiger partial charge on any atom is 0.257 e. The molecule has 22 heavy (non-hydrogen) atoms. The van der Waals surface area contributed by atoms with Crippen molar-refractivity contribution in [2.24, 2.45) is 0 Å². The van der Waals surface area contributed by atoms with Crippen molar-refractivity contribution in [2.75, 3.05) is 5.32 Å². The molecule has 0 saturated heterocycles. The lowest BCUT2D eigenvalue weighted by molar-refractivity contribution is 0.102. The van der Waals surface area contributed by atoms with Gasteiger partial charge in [0.15, 0.2) is 0 Å². The van der Waals surface area contributed by atoms with Crippen LogP contribution in [0.25, 0.3) is 10.9 Å². The number of anilines is 1. The third-order valence-corrected chi connectivity index (χ3v) is 3.87. The number of fused-ring (bicyclic) bond motifs is 1. The van der Waals surface area contributed by atoms with Gasteiger partial charge in [0.2, 0.25) is 0 Å². The molecule has 3 aromatic rings. The molecule has 0 aliphatic carbocycles. The number of aromatic nitrogens is 1. The number of benzene rings is 2.